The smallest absolute Gasteiger partial charge is 0.550 e. The number of anilines is 2. The Labute approximate surface area is 240 Å². The maximum Gasteiger partial charge on any atom is 1.00 e. The van der Waals surface area contributed by atoms with E-state index in [1.807, 2.05) is 0 Å². The number of nitrogen functional groups attached to an aromatic ring is 2. The fourth-order valence-electron chi connectivity index (χ4n) is 2.69. The van der Waals surface area contributed by atoms with E-state index in [1.165, 1.54) is 38.1 Å². The van der Waals surface area contributed by atoms with E-state index in [4.69, 9.17) is 21.7 Å². The van der Waals surface area contributed by atoms with Crippen LogP contribution in [0.4, 0.5) is 11.4 Å². The monoisotopic (exact) mass is 490 g/mol. The van der Waals surface area contributed by atoms with Crippen molar-refractivity contribution in [2.24, 2.45) is 0 Å². The minimum atomic E-state index is -1.20. The Hall–Kier alpha value is -2.08. The van der Waals surface area contributed by atoms with Crippen molar-refractivity contribution in [3.8, 4) is 0 Å². The van der Waals surface area contributed by atoms with E-state index < -0.39 is 35.7 Å². The molecule has 0 amide bonds. The minimum Gasteiger partial charge on any atom is -0.550 e. The second kappa shape index (κ2) is 15.8. The van der Waals surface area contributed by atoms with Gasteiger partial charge < -0.3 is 41.5 Å². The standard InChI is InChI=1S/2C11H13NO4.2Na/c2*1-6(11(15)16)7-2-3-9(12)8(4-7)5-10(13)14;;/h2*2-4,6H,5,12H2,1H3,(H,13,14)(H,15,16);;/q;;2*+1/p-2. The number of benzene rings is 2. The summed E-state index contributed by atoms with van der Waals surface area (Å²) >= 11 is 0. The number of rotatable bonds is 8. The van der Waals surface area contributed by atoms with Gasteiger partial charge in [0.05, 0.1) is 12.8 Å². The third-order valence-electron chi connectivity index (χ3n) is 4.72. The molecule has 2 aromatic rings. The van der Waals surface area contributed by atoms with Gasteiger partial charge in [0, 0.05) is 35.1 Å². The summed E-state index contributed by atoms with van der Waals surface area (Å²) < 4.78 is 0. The number of hydrogen-bond donors (Lipinski definition) is 4. The Balaban J connectivity index is 0. The zero-order valence-corrected chi connectivity index (χ0v) is 23.5. The Morgan fingerprint density at radius 3 is 1.26 bits per heavy atom. The van der Waals surface area contributed by atoms with Crippen LogP contribution in [-0.2, 0) is 32.0 Å². The van der Waals surface area contributed by atoms with Crippen molar-refractivity contribution < 1.29 is 98.7 Å². The summed E-state index contributed by atoms with van der Waals surface area (Å²) in [6.45, 7) is 2.96. The summed E-state index contributed by atoms with van der Waals surface area (Å²) in [5, 5.41) is 38.6. The minimum absolute atomic E-state index is 0. The number of hydrogen-bond acceptors (Lipinski definition) is 8. The summed E-state index contributed by atoms with van der Waals surface area (Å²) in [4.78, 5) is 42.4. The normalized spacial score (nSPS) is 11.4. The van der Waals surface area contributed by atoms with Gasteiger partial charge in [-0.1, -0.05) is 38.1 Å². The van der Waals surface area contributed by atoms with E-state index in [1.54, 1.807) is 12.1 Å². The van der Waals surface area contributed by atoms with Crippen molar-refractivity contribution in [2.45, 2.75) is 38.5 Å². The predicted molar refractivity (Wildman–Crippen MR) is 111 cm³/mol. The van der Waals surface area contributed by atoms with E-state index in [-0.39, 0.29) is 72.0 Å². The SMILES string of the molecule is CC(C(=O)[O-])c1ccc(N)c(CC(=O)O)c1.CC(C(=O)[O-])c1ccc(N)c(CC(=O)O)c1.[Na+].[Na+]. The molecule has 0 aromatic heterocycles. The summed E-state index contributed by atoms with van der Waals surface area (Å²) in [5.74, 6) is -5.99. The molecule has 0 saturated heterocycles. The van der Waals surface area contributed by atoms with Crippen molar-refractivity contribution >= 4 is 35.3 Å². The molecule has 0 radical (unpaired) electrons. The van der Waals surface area contributed by atoms with E-state index >= 15 is 0 Å². The summed E-state index contributed by atoms with van der Waals surface area (Å²) in [6.07, 6.45) is -0.446. The van der Waals surface area contributed by atoms with Crippen LogP contribution in [-0.4, -0.2) is 34.1 Å². The number of aliphatic carboxylic acids is 4. The molecule has 6 N–H and O–H groups in total. The van der Waals surface area contributed by atoms with Crippen LogP contribution in [0.5, 0.6) is 0 Å². The molecule has 0 aliphatic carbocycles. The first-order valence-electron chi connectivity index (χ1n) is 9.45. The molecule has 2 rings (SSSR count). The maximum atomic E-state index is 10.7. The van der Waals surface area contributed by atoms with Crippen molar-refractivity contribution in [2.75, 3.05) is 11.5 Å². The summed E-state index contributed by atoms with van der Waals surface area (Å²) in [7, 11) is 0. The number of carboxylic acids is 4. The van der Waals surface area contributed by atoms with Gasteiger partial charge >= 0.3 is 71.1 Å². The van der Waals surface area contributed by atoms with Crippen LogP contribution in [0.15, 0.2) is 36.4 Å². The Bertz CT molecular complexity index is 948. The van der Waals surface area contributed by atoms with E-state index in [0.717, 1.165) is 0 Å². The first kappa shape index (κ1) is 34.1. The summed E-state index contributed by atoms with van der Waals surface area (Å²) in [5.41, 5.74) is 13.7. The second-order valence-electron chi connectivity index (χ2n) is 7.14. The van der Waals surface area contributed by atoms with Gasteiger partial charge in [-0.3, -0.25) is 9.59 Å². The van der Waals surface area contributed by atoms with Crippen LogP contribution in [0.3, 0.4) is 0 Å². The van der Waals surface area contributed by atoms with Gasteiger partial charge in [-0.15, -0.1) is 0 Å². The molecule has 0 saturated carbocycles. The van der Waals surface area contributed by atoms with Gasteiger partial charge in [0.2, 0.25) is 0 Å². The number of carbonyl (C=O) groups is 4. The van der Waals surface area contributed by atoms with Crippen LogP contribution in [0.25, 0.3) is 0 Å². The fourth-order valence-corrected chi connectivity index (χ4v) is 2.69. The van der Waals surface area contributed by atoms with Gasteiger partial charge in [0.1, 0.15) is 0 Å². The Kier molecular flexibility index (Phi) is 15.8. The Morgan fingerprint density at radius 1 is 0.735 bits per heavy atom. The van der Waals surface area contributed by atoms with Gasteiger partial charge in [0.25, 0.3) is 0 Å². The first-order chi connectivity index (χ1) is 14.8. The van der Waals surface area contributed by atoms with E-state index in [9.17, 15) is 29.4 Å². The molecule has 12 heteroatoms. The molecule has 0 aliphatic rings. The van der Waals surface area contributed by atoms with Crippen LogP contribution in [0.2, 0.25) is 0 Å². The van der Waals surface area contributed by atoms with Crippen molar-refractivity contribution in [1.82, 2.24) is 0 Å². The van der Waals surface area contributed by atoms with Crippen molar-refractivity contribution in [3.05, 3.63) is 58.7 Å². The molecule has 2 unspecified atom stereocenters. The van der Waals surface area contributed by atoms with E-state index in [2.05, 4.69) is 0 Å². The molecule has 34 heavy (non-hydrogen) atoms. The molecule has 2 atom stereocenters. The van der Waals surface area contributed by atoms with Crippen molar-refractivity contribution in [1.29, 1.82) is 0 Å². The molecule has 0 spiro atoms. The van der Waals surface area contributed by atoms with Crippen LogP contribution >= 0.6 is 0 Å². The topological polar surface area (TPSA) is 207 Å². The molecular formula is C22H24N2Na2O8. The Morgan fingerprint density at radius 2 is 1.03 bits per heavy atom. The number of carboxylic acid groups (broad SMARTS) is 4. The fraction of sp³-hybridized carbons (Fsp3) is 0.273. The molecule has 0 fully saturated rings. The average molecular weight is 490 g/mol. The van der Waals surface area contributed by atoms with Crippen molar-refractivity contribution in [3.63, 3.8) is 0 Å². The van der Waals surface area contributed by atoms with E-state index in [0.29, 0.717) is 33.6 Å². The third-order valence-corrected chi connectivity index (χ3v) is 4.72. The zero-order chi connectivity index (χ0) is 24.6. The summed E-state index contributed by atoms with van der Waals surface area (Å²) in [6, 6.07) is 9.11. The molecule has 2 aromatic carbocycles. The van der Waals surface area contributed by atoms with Crippen LogP contribution < -0.4 is 80.8 Å². The van der Waals surface area contributed by atoms with Crippen LogP contribution in [0.1, 0.15) is 47.9 Å². The first-order valence-corrected chi connectivity index (χ1v) is 9.45. The average Bonchev–Trinajstić information content (AvgIpc) is 2.69. The maximum absolute atomic E-state index is 10.7. The molecule has 0 aliphatic heterocycles. The predicted octanol–water partition coefficient (Wildman–Crippen LogP) is -6.49. The van der Waals surface area contributed by atoms with Gasteiger partial charge in [-0.05, 0) is 34.4 Å². The third kappa shape index (κ3) is 10.9. The molecular weight excluding hydrogens is 466 g/mol. The quantitative estimate of drug-likeness (QED) is 0.203. The van der Waals surface area contributed by atoms with Crippen LogP contribution in [0, 0.1) is 0 Å². The molecule has 10 nitrogen and oxygen atoms in total. The second-order valence-corrected chi connectivity index (χ2v) is 7.14. The molecule has 172 valence electrons. The van der Waals surface area contributed by atoms with Gasteiger partial charge in [-0.25, -0.2) is 0 Å². The van der Waals surface area contributed by atoms with Gasteiger partial charge in [-0.2, -0.15) is 0 Å². The van der Waals surface area contributed by atoms with Gasteiger partial charge in [0.15, 0.2) is 0 Å². The zero-order valence-electron chi connectivity index (χ0n) is 19.5. The number of carbonyl (C=O) groups excluding carboxylic acids is 2. The molecule has 0 bridgehead atoms. The molecule has 0 heterocycles. The number of nitrogens with two attached hydrogens (primary N) is 2. The largest absolute Gasteiger partial charge is 1.00 e.